The molecule has 180 valence electrons. The van der Waals surface area contributed by atoms with Crippen LogP contribution in [0.3, 0.4) is 0 Å². The van der Waals surface area contributed by atoms with E-state index in [1.54, 1.807) is 30.3 Å². The summed E-state index contributed by atoms with van der Waals surface area (Å²) < 4.78 is 38.5. The number of hydrogen-bond donors (Lipinski definition) is 3. The van der Waals surface area contributed by atoms with Crippen LogP contribution in [-0.2, 0) is 17.4 Å². The molecule has 35 heavy (non-hydrogen) atoms. The molecule has 0 aliphatic heterocycles. The van der Waals surface area contributed by atoms with Gasteiger partial charge in [-0.2, -0.15) is 13.2 Å². The van der Waals surface area contributed by atoms with Gasteiger partial charge in [-0.3, -0.25) is 9.59 Å². The van der Waals surface area contributed by atoms with Crippen molar-refractivity contribution in [2.45, 2.75) is 25.4 Å². The van der Waals surface area contributed by atoms with Crippen molar-refractivity contribution in [1.82, 2.24) is 0 Å². The van der Waals surface area contributed by atoms with Crippen LogP contribution in [0.5, 0.6) is 0 Å². The van der Waals surface area contributed by atoms with E-state index >= 15 is 0 Å². The molecule has 0 aromatic heterocycles. The van der Waals surface area contributed by atoms with E-state index in [4.69, 9.17) is 5.73 Å². The maximum Gasteiger partial charge on any atom is 0.416 e. The highest BCUT2D eigenvalue weighted by atomic mass is 19.4. The zero-order valence-electron chi connectivity index (χ0n) is 18.5. The number of rotatable bonds is 5. The largest absolute Gasteiger partial charge is 0.416 e. The Kier molecular flexibility index (Phi) is 6.59. The number of hydrogen-bond acceptors (Lipinski definition) is 3. The lowest BCUT2D eigenvalue weighted by Gasteiger charge is -2.23. The number of ketones is 1. The van der Waals surface area contributed by atoms with Crippen molar-refractivity contribution >= 4 is 29.1 Å². The van der Waals surface area contributed by atoms with Crippen LogP contribution in [0.1, 0.15) is 34.3 Å². The van der Waals surface area contributed by atoms with E-state index in [9.17, 15) is 27.6 Å². The molecule has 1 aliphatic rings. The number of Topliss-reactive ketones (excluding diaryl/α,β-unsaturated/α-hetero) is 1. The molecule has 3 aromatic rings. The number of primary amides is 1. The van der Waals surface area contributed by atoms with E-state index in [1.165, 1.54) is 12.1 Å². The number of benzene rings is 3. The zero-order chi connectivity index (χ0) is 25.2. The van der Waals surface area contributed by atoms with Gasteiger partial charge < -0.3 is 16.4 Å². The van der Waals surface area contributed by atoms with Crippen molar-refractivity contribution in [3.8, 4) is 11.1 Å². The van der Waals surface area contributed by atoms with Crippen molar-refractivity contribution in [3.63, 3.8) is 0 Å². The van der Waals surface area contributed by atoms with Crippen LogP contribution in [0, 0.1) is 5.92 Å². The summed E-state index contributed by atoms with van der Waals surface area (Å²) in [7, 11) is 0. The van der Waals surface area contributed by atoms with Gasteiger partial charge in [0, 0.05) is 29.3 Å². The van der Waals surface area contributed by atoms with Crippen LogP contribution in [0.4, 0.5) is 29.3 Å². The minimum Gasteiger partial charge on any atom is -0.370 e. The molecular formula is C26H22F3N3O3. The van der Waals surface area contributed by atoms with Gasteiger partial charge in [0.05, 0.1) is 5.56 Å². The Morgan fingerprint density at radius 2 is 1.60 bits per heavy atom. The first kappa shape index (κ1) is 24.0. The Labute approximate surface area is 199 Å². The molecule has 3 amide bonds. The summed E-state index contributed by atoms with van der Waals surface area (Å²) in [6.45, 7) is 0. The summed E-state index contributed by atoms with van der Waals surface area (Å²) in [4.78, 5) is 36.1. The molecule has 1 atom stereocenters. The fourth-order valence-electron chi connectivity index (χ4n) is 4.15. The topological polar surface area (TPSA) is 101 Å². The van der Waals surface area contributed by atoms with Gasteiger partial charge in [0.2, 0.25) is 5.91 Å². The number of alkyl halides is 3. The molecule has 0 heterocycles. The van der Waals surface area contributed by atoms with E-state index < -0.39 is 23.7 Å². The third-order valence-electron chi connectivity index (χ3n) is 5.88. The Morgan fingerprint density at radius 3 is 2.29 bits per heavy atom. The van der Waals surface area contributed by atoms with E-state index in [-0.39, 0.29) is 23.8 Å². The summed E-state index contributed by atoms with van der Waals surface area (Å²) in [5.74, 6) is -0.929. The van der Waals surface area contributed by atoms with Crippen molar-refractivity contribution in [1.29, 1.82) is 0 Å². The number of nitrogens with one attached hydrogen (secondary N) is 2. The molecule has 3 aromatic carbocycles. The summed E-state index contributed by atoms with van der Waals surface area (Å²) >= 11 is 0. The second-order valence-electron chi connectivity index (χ2n) is 8.38. The van der Waals surface area contributed by atoms with Gasteiger partial charge in [-0.15, -0.1) is 0 Å². The van der Waals surface area contributed by atoms with Crippen LogP contribution in [-0.4, -0.2) is 17.7 Å². The second kappa shape index (κ2) is 9.61. The number of urea groups is 1. The summed E-state index contributed by atoms with van der Waals surface area (Å²) in [5, 5.41) is 4.98. The molecule has 6 nitrogen and oxygen atoms in total. The fourth-order valence-corrected chi connectivity index (χ4v) is 4.15. The average molecular weight is 481 g/mol. The summed E-state index contributed by atoms with van der Waals surface area (Å²) in [6.07, 6.45) is -3.21. The van der Waals surface area contributed by atoms with Gasteiger partial charge in [0.1, 0.15) is 0 Å². The van der Waals surface area contributed by atoms with Gasteiger partial charge in [0.25, 0.3) is 0 Å². The summed E-state index contributed by atoms with van der Waals surface area (Å²) in [5.41, 5.74) is 8.15. The number of amides is 3. The molecule has 0 spiro atoms. The van der Waals surface area contributed by atoms with Gasteiger partial charge in [-0.25, -0.2) is 4.79 Å². The molecule has 0 saturated carbocycles. The molecule has 0 saturated heterocycles. The van der Waals surface area contributed by atoms with E-state index in [0.717, 1.165) is 28.8 Å². The van der Waals surface area contributed by atoms with Crippen LogP contribution >= 0.6 is 0 Å². The highest BCUT2D eigenvalue weighted by Crippen LogP contribution is 2.32. The number of anilines is 2. The van der Waals surface area contributed by atoms with Gasteiger partial charge in [0.15, 0.2) is 5.78 Å². The molecule has 4 N–H and O–H groups in total. The minimum absolute atomic E-state index is 0.0237. The second-order valence-corrected chi connectivity index (χ2v) is 8.38. The molecule has 1 unspecified atom stereocenters. The van der Waals surface area contributed by atoms with Crippen molar-refractivity contribution in [2.75, 3.05) is 10.6 Å². The maximum atomic E-state index is 12.8. The van der Waals surface area contributed by atoms with Crippen LogP contribution < -0.4 is 16.4 Å². The minimum atomic E-state index is -4.50. The van der Waals surface area contributed by atoms with E-state index in [1.807, 2.05) is 12.1 Å². The first-order chi connectivity index (χ1) is 16.6. The highest BCUT2D eigenvalue weighted by Gasteiger charge is 2.30. The van der Waals surface area contributed by atoms with Crippen molar-refractivity contribution < 1.29 is 27.6 Å². The lowest BCUT2D eigenvalue weighted by molar-refractivity contribution is -0.137. The number of fused-ring (bicyclic) bond motifs is 1. The molecule has 1 aliphatic carbocycles. The average Bonchev–Trinajstić information content (AvgIpc) is 2.80. The number of halogens is 3. The SMILES string of the molecule is NC(=O)CC1CCc2cc(-c3ccc(NC(=O)Nc4cccc(C(F)(F)F)c4)cc3)ccc2C1=O. The lowest BCUT2D eigenvalue weighted by atomic mass is 9.80. The van der Waals surface area contributed by atoms with Gasteiger partial charge in [-0.05, 0) is 59.9 Å². The number of nitrogens with two attached hydrogens (primary N) is 1. The first-order valence-corrected chi connectivity index (χ1v) is 10.9. The van der Waals surface area contributed by atoms with Crippen molar-refractivity contribution in [2.24, 2.45) is 11.7 Å². The Hall–Kier alpha value is -4.14. The molecule has 0 radical (unpaired) electrons. The molecule has 0 fully saturated rings. The molecule has 0 bridgehead atoms. The number of carbonyl (C=O) groups is 3. The Morgan fingerprint density at radius 1 is 0.914 bits per heavy atom. The van der Waals surface area contributed by atoms with E-state index in [2.05, 4.69) is 10.6 Å². The molecular weight excluding hydrogens is 459 g/mol. The monoisotopic (exact) mass is 481 g/mol. The predicted octanol–water partition coefficient (Wildman–Crippen LogP) is 5.64. The smallest absolute Gasteiger partial charge is 0.370 e. The zero-order valence-corrected chi connectivity index (χ0v) is 18.5. The maximum absolute atomic E-state index is 12.8. The third-order valence-corrected chi connectivity index (χ3v) is 5.88. The molecule has 9 heteroatoms. The van der Waals surface area contributed by atoms with E-state index in [0.29, 0.717) is 24.1 Å². The lowest BCUT2D eigenvalue weighted by Crippen LogP contribution is -2.27. The first-order valence-electron chi connectivity index (χ1n) is 10.9. The molecule has 4 rings (SSSR count). The fraction of sp³-hybridized carbons (Fsp3) is 0.192. The van der Waals surface area contributed by atoms with Gasteiger partial charge in [-0.1, -0.05) is 36.4 Å². The number of carbonyl (C=O) groups excluding carboxylic acids is 3. The van der Waals surface area contributed by atoms with Crippen LogP contribution in [0.25, 0.3) is 11.1 Å². The third kappa shape index (κ3) is 5.68. The van der Waals surface area contributed by atoms with Crippen LogP contribution in [0.2, 0.25) is 0 Å². The Balaban J connectivity index is 1.42. The number of aryl methyl sites for hydroxylation is 1. The van der Waals surface area contributed by atoms with Crippen molar-refractivity contribution in [3.05, 3.63) is 83.4 Å². The van der Waals surface area contributed by atoms with Crippen LogP contribution in [0.15, 0.2) is 66.7 Å². The predicted molar refractivity (Wildman–Crippen MR) is 126 cm³/mol. The Bertz CT molecular complexity index is 1290. The quantitative estimate of drug-likeness (QED) is 0.440. The normalized spacial score (nSPS) is 15.3. The standard InChI is InChI=1S/C26H22F3N3O3/c27-26(28,29)19-2-1-3-21(14-19)32-25(35)31-20-9-6-15(7-10-20)16-8-11-22-17(12-16)4-5-18(24(22)34)13-23(30)33/h1-3,6-12,14,18H,4-5,13H2,(H2,30,33)(H2,31,32,35). The summed E-state index contributed by atoms with van der Waals surface area (Å²) in [6, 6.07) is 16.2. The highest BCUT2D eigenvalue weighted by molar-refractivity contribution is 6.02. The van der Waals surface area contributed by atoms with Gasteiger partial charge >= 0.3 is 12.2 Å².